The van der Waals surface area contributed by atoms with Crippen molar-refractivity contribution < 1.29 is 9.53 Å². The van der Waals surface area contributed by atoms with Crippen LogP contribution >= 0.6 is 0 Å². The van der Waals surface area contributed by atoms with Crippen LogP contribution in [-0.4, -0.2) is 48.2 Å². The molecule has 1 aliphatic carbocycles. The third-order valence-corrected chi connectivity index (χ3v) is 6.28. The lowest BCUT2D eigenvalue weighted by Gasteiger charge is -2.46. The first-order valence-electron chi connectivity index (χ1n) is 10.3. The minimum Gasteiger partial charge on any atom is -0.357 e. The average Bonchev–Trinajstić information content (AvgIpc) is 3.43. The van der Waals surface area contributed by atoms with E-state index >= 15 is 0 Å². The van der Waals surface area contributed by atoms with Crippen molar-refractivity contribution in [2.45, 2.75) is 63.6 Å². The molecule has 1 amide bonds. The molecule has 2 aliphatic heterocycles. The number of carbonyl (C=O) groups is 1. The highest BCUT2D eigenvalue weighted by Gasteiger charge is 2.61. The summed E-state index contributed by atoms with van der Waals surface area (Å²) in [6.07, 6.45) is 6.27. The number of rotatable bonds is 4. The molecule has 4 nitrogen and oxygen atoms in total. The zero-order valence-electron chi connectivity index (χ0n) is 16.2. The predicted molar refractivity (Wildman–Crippen MR) is 104 cm³/mol. The highest BCUT2D eigenvalue weighted by atomic mass is 16.5. The quantitative estimate of drug-likeness (QED) is 0.821. The monoisotopic (exact) mass is 356 g/mol. The van der Waals surface area contributed by atoms with Crippen LogP contribution < -0.4 is 4.90 Å². The van der Waals surface area contributed by atoms with Crippen molar-refractivity contribution in [1.29, 1.82) is 0 Å². The first-order valence-corrected chi connectivity index (χ1v) is 10.3. The summed E-state index contributed by atoms with van der Waals surface area (Å²) in [6.45, 7) is 8.72. The number of hydrogen-bond acceptors (Lipinski definition) is 3. The van der Waals surface area contributed by atoms with Crippen LogP contribution in [0.1, 0.15) is 52.4 Å². The van der Waals surface area contributed by atoms with Gasteiger partial charge in [-0.1, -0.05) is 32.0 Å². The maximum atomic E-state index is 13.1. The summed E-state index contributed by atoms with van der Waals surface area (Å²) in [5.74, 6) is 0.925. The van der Waals surface area contributed by atoms with Gasteiger partial charge in [0.15, 0.2) is 0 Å². The first kappa shape index (κ1) is 18.0. The second-order valence-corrected chi connectivity index (χ2v) is 8.88. The summed E-state index contributed by atoms with van der Waals surface area (Å²) >= 11 is 0. The molecule has 2 spiro atoms. The van der Waals surface area contributed by atoms with Crippen molar-refractivity contribution in [3.63, 3.8) is 0 Å². The molecule has 2 saturated heterocycles. The molecule has 0 bridgehead atoms. The van der Waals surface area contributed by atoms with Gasteiger partial charge in [0.05, 0.1) is 12.1 Å². The number of ether oxygens (including phenoxy) is 1. The van der Waals surface area contributed by atoms with E-state index in [9.17, 15) is 4.79 Å². The van der Waals surface area contributed by atoms with Crippen LogP contribution in [0, 0.1) is 5.92 Å². The van der Waals surface area contributed by atoms with Gasteiger partial charge < -0.3 is 14.5 Å². The summed E-state index contributed by atoms with van der Waals surface area (Å²) < 4.78 is 6.61. The lowest BCUT2D eigenvalue weighted by molar-refractivity contribution is -0.165. The molecule has 1 aromatic carbocycles. The molecule has 1 atom stereocenters. The van der Waals surface area contributed by atoms with Gasteiger partial charge in [-0.25, -0.2) is 0 Å². The highest BCUT2D eigenvalue weighted by molar-refractivity contribution is 6.02. The fraction of sp³-hybridized carbons (Fsp3) is 0.682. The van der Waals surface area contributed by atoms with Crippen LogP contribution in [0.15, 0.2) is 30.3 Å². The number of carbonyl (C=O) groups excluding carboxylic acids is 1. The lowest BCUT2D eigenvalue weighted by Crippen LogP contribution is -2.60. The van der Waals surface area contributed by atoms with E-state index in [0.717, 1.165) is 56.8 Å². The largest absolute Gasteiger partial charge is 0.357 e. The Bertz CT molecular complexity index is 641. The van der Waals surface area contributed by atoms with Crippen molar-refractivity contribution in [3.05, 3.63) is 30.3 Å². The summed E-state index contributed by atoms with van der Waals surface area (Å²) in [7, 11) is 0. The van der Waals surface area contributed by atoms with Crippen molar-refractivity contribution in [1.82, 2.24) is 4.90 Å². The van der Waals surface area contributed by atoms with E-state index in [4.69, 9.17) is 4.74 Å². The summed E-state index contributed by atoms with van der Waals surface area (Å²) in [5, 5.41) is 0. The van der Waals surface area contributed by atoms with Crippen LogP contribution in [0.3, 0.4) is 0 Å². The molecule has 4 heteroatoms. The van der Waals surface area contributed by atoms with Crippen molar-refractivity contribution in [2.75, 3.05) is 31.1 Å². The lowest BCUT2D eigenvalue weighted by atomic mass is 9.90. The molecular formula is C22H32N2O2. The summed E-state index contributed by atoms with van der Waals surface area (Å²) in [6, 6.07) is 10.2. The zero-order chi connectivity index (χ0) is 18.2. The van der Waals surface area contributed by atoms with Gasteiger partial charge in [0.25, 0.3) is 5.91 Å². The average molecular weight is 357 g/mol. The number of likely N-dealkylation sites (tertiary alicyclic amines) is 1. The van der Waals surface area contributed by atoms with Gasteiger partial charge in [0.1, 0.15) is 5.60 Å². The fourth-order valence-electron chi connectivity index (χ4n) is 4.49. The van der Waals surface area contributed by atoms with Gasteiger partial charge in [-0.15, -0.1) is 0 Å². The van der Waals surface area contributed by atoms with E-state index in [1.807, 2.05) is 23.1 Å². The molecule has 1 aromatic rings. The fourth-order valence-corrected chi connectivity index (χ4v) is 4.49. The molecule has 0 radical (unpaired) electrons. The minimum absolute atomic E-state index is 0.174. The van der Waals surface area contributed by atoms with E-state index in [0.29, 0.717) is 6.54 Å². The molecule has 3 aliphatic rings. The Kier molecular flexibility index (Phi) is 4.83. The number of benzene rings is 1. The number of morpholine rings is 1. The molecular weight excluding hydrogens is 324 g/mol. The van der Waals surface area contributed by atoms with Gasteiger partial charge in [0, 0.05) is 12.2 Å². The second kappa shape index (κ2) is 6.97. The van der Waals surface area contributed by atoms with Crippen molar-refractivity contribution in [3.8, 4) is 0 Å². The van der Waals surface area contributed by atoms with Crippen molar-refractivity contribution in [2.24, 2.45) is 5.92 Å². The van der Waals surface area contributed by atoms with Gasteiger partial charge in [0.2, 0.25) is 0 Å². The molecule has 4 rings (SSSR count). The minimum atomic E-state index is -0.527. The highest BCUT2D eigenvalue weighted by Crippen LogP contribution is 2.50. The molecule has 0 aromatic heterocycles. The molecule has 26 heavy (non-hydrogen) atoms. The maximum Gasteiger partial charge on any atom is 0.259 e. The van der Waals surface area contributed by atoms with E-state index < -0.39 is 5.60 Å². The van der Waals surface area contributed by atoms with Gasteiger partial charge in [-0.2, -0.15) is 0 Å². The van der Waals surface area contributed by atoms with Crippen LogP contribution in [-0.2, 0) is 9.53 Å². The Morgan fingerprint density at radius 1 is 1.08 bits per heavy atom. The second-order valence-electron chi connectivity index (χ2n) is 8.88. The van der Waals surface area contributed by atoms with Gasteiger partial charge >= 0.3 is 0 Å². The van der Waals surface area contributed by atoms with E-state index in [2.05, 4.69) is 30.9 Å². The van der Waals surface area contributed by atoms with E-state index in [1.54, 1.807) is 0 Å². The summed E-state index contributed by atoms with van der Waals surface area (Å²) in [4.78, 5) is 17.7. The molecule has 1 saturated carbocycles. The molecule has 142 valence electrons. The number of para-hydroxylation sites is 1. The van der Waals surface area contributed by atoms with E-state index in [1.165, 1.54) is 13.0 Å². The molecule has 1 unspecified atom stereocenters. The standard InChI is InChI=1S/C22H32N2O2/c1-18(2)9-15-23-14-6-10-21(13-16-23)17-24(19-7-4-3-5-8-19)20(25)22(26-21)11-12-22/h3-5,7-8,18H,6,9-17H2,1-2H3. The molecule has 3 fully saturated rings. The number of amides is 1. The van der Waals surface area contributed by atoms with Crippen LogP contribution in [0.4, 0.5) is 5.69 Å². The SMILES string of the molecule is CC(C)CCN1CCCC2(CC1)CN(c1ccccc1)C(=O)C1(CC1)O2. The third-order valence-electron chi connectivity index (χ3n) is 6.28. The maximum absolute atomic E-state index is 13.1. The molecule has 0 N–H and O–H groups in total. The first-order chi connectivity index (χ1) is 12.5. The Morgan fingerprint density at radius 2 is 1.85 bits per heavy atom. The Balaban J connectivity index is 1.51. The normalized spacial score (nSPS) is 28.7. The number of hydrogen-bond donors (Lipinski definition) is 0. The molecule has 2 heterocycles. The van der Waals surface area contributed by atoms with Gasteiger partial charge in [-0.05, 0) is 69.7 Å². The summed E-state index contributed by atoms with van der Waals surface area (Å²) in [5.41, 5.74) is 0.320. The third kappa shape index (κ3) is 3.54. The van der Waals surface area contributed by atoms with Crippen LogP contribution in [0.5, 0.6) is 0 Å². The topological polar surface area (TPSA) is 32.8 Å². The van der Waals surface area contributed by atoms with Crippen molar-refractivity contribution >= 4 is 11.6 Å². The zero-order valence-corrected chi connectivity index (χ0v) is 16.2. The Hall–Kier alpha value is -1.39. The number of nitrogens with zero attached hydrogens (tertiary/aromatic N) is 2. The smallest absolute Gasteiger partial charge is 0.259 e. The Morgan fingerprint density at radius 3 is 2.54 bits per heavy atom. The Labute approximate surface area is 157 Å². The number of anilines is 1. The van der Waals surface area contributed by atoms with Crippen LogP contribution in [0.25, 0.3) is 0 Å². The van der Waals surface area contributed by atoms with E-state index in [-0.39, 0.29) is 11.5 Å². The predicted octanol–water partition coefficient (Wildman–Crippen LogP) is 3.85. The van der Waals surface area contributed by atoms with Gasteiger partial charge in [-0.3, -0.25) is 4.79 Å². The van der Waals surface area contributed by atoms with Crippen LogP contribution in [0.2, 0.25) is 0 Å².